The molecule has 3 aliphatic rings. The van der Waals surface area contributed by atoms with E-state index in [-0.39, 0.29) is 17.9 Å². The van der Waals surface area contributed by atoms with Crippen LogP contribution in [0.1, 0.15) is 58.7 Å². The Balaban J connectivity index is 1.42. The lowest BCUT2D eigenvalue weighted by molar-refractivity contribution is -0.129. The van der Waals surface area contributed by atoms with E-state index in [1.165, 1.54) is 5.69 Å². The molecule has 39 heavy (non-hydrogen) atoms. The topological polar surface area (TPSA) is 116 Å². The average Bonchev–Trinajstić information content (AvgIpc) is 3.64. The number of carbonyl (C=O) groups excluding carboxylic acids is 2. The molecule has 0 spiro atoms. The molecule has 10 nitrogen and oxygen atoms in total. The van der Waals surface area contributed by atoms with Gasteiger partial charge in [0.2, 0.25) is 5.91 Å². The van der Waals surface area contributed by atoms with Crippen LogP contribution in [0.5, 0.6) is 0 Å². The molecule has 0 radical (unpaired) electrons. The van der Waals surface area contributed by atoms with Gasteiger partial charge in [0.15, 0.2) is 5.82 Å². The normalized spacial score (nSPS) is 18.3. The molecule has 1 N–H and O–H groups in total. The van der Waals surface area contributed by atoms with Crippen molar-refractivity contribution in [3.05, 3.63) is 58.5 Å². The Hall–Kier alpha value is -4.23. The molecule has 1 fully saturated rings. The first-order valence-corrected chi connectivity index (χ1v) is 13.4. The molecule has 0 aliphatic carbocycles. The summed E-state index contributed by atoms with van der Waals surface area (Å²) in [5, 5.41) is 17.9. The van der Waals surface area contributed by atoms with Gasteiger partial charge in [0, 0.05) is 74.4 Å². The Kier molecular flexibility index (Phi) is 6.53. The van der Waals surface area contributed by atoms with E-state index in [2.05, 4.69) is 32.0 Å². The van der Waals surface area contributed by atoms with E-state index < -0.39 is 0 Å². The molecule has 0 bridgehead atoms. The van der Waals surface area contributed by atoms with Crippen LogP contribution in [0.15, 0.2) is 30.5 Å². The van der Waals surface area contributed by atoms with Crippen molar-refractivity contribution in [2.45, 2.75) is 45.2 Å². The summed E-state index contributed by atoms with van der Waals surface area (Å²) < 4.78 is 7.82. The molecule has 1 atom stereocenters. The standard InChI is InChI=1S/C29H31N7O3/c1-18(37)34-10-7-26-24(16-34)28(33-36(26)22-8-11-39-17-22)35-9-3-4-19-12-23(21(14-30)13-27(19)35)20-5-6-25(32-15-20)29(38)31-2/h5-6,12-13,15,22H,3-4,7-11,16-17H2,1-2H3,(H,31,38)/t22-/m0/s1. The first-order valence-electron chi connectivity index (χ1n) is 13.4. The maximum atomic E-state index is 12.3. The number of aryl methyl sites for hydroxylation is 1. The van der Waals surface area contributed by atoms with Gasteiger partial charge in [-0.1, -0.05) is 6.07 Å². The van der Waals surface area contributed by atoms with E-state index in [0.717, 1.165) is 72.6 Å². The predicted molar refractivity (Wildman–Crippen MR) is 145 cm³/mol. The number of nitrogens with zero attached hydrogens (tertiary/aromatic N) is 6. The summed E-state index contributed by atoms with van der Waals surface area (Å²) >= 11 is 0. The molecular formula is C29H31N7O3. The van der Waals surface area contributed by atoms with Gasteiger partial charge < -0.3 is 19.9 Å². The number of nitriles is 1. The van der Waals surface area contributed by atoms with Crippen LogP contribution in [0.2, 0.25) is 0 Å². The first-order chi connectivity index (χ1) is 19.0. The molecule has 0 unspecified atom stereocenters. The van der Waals surface area contributed by atoms with Gasteiger partial charge in [-0.3, -0.25) is 19.3 Å². The van der Waals surface area contributed by atoms with Crippen LogP contribution in [0, 0.1) is 11.3 Å². The number of anilines is 2. The number of aromatic nitrogens is 3. The molecule has 5 heterocycles. The molecule has 2 amide bonds. The van der Waals surface area contributed by atoms with Crippen molar-refractivity contribution in [3.63, 3.8) is 0 Å². The highest BCUT2D eigenvalue weighted by Crippen LogP contribution is 2.41. The number of fused-ring (bicyclic) bond motifs is 2. The highest BCUT2D eigenvalue weighted by molar-refractivity contribution is 5.92. The maximum absolute atomic E-state index is 12.3. The van der Waals surface area contributed by atoms with Gasteiger partial charge >= 0.3 is 0 Å². The molecular weight excluding hydrogens is 494 g/mol. The van der Waals surface area contributed by atoms with Crippen molar-refractivity contribution < 1.29 is 14.3 Å². The number of ether oxygens (including phenoxy) is 1. The van der Waals surface area contributed by atoms with Crippen molar-refractivity contribution >= 4 is 23.3 Å². The highest BCUT2D eigenvalue weighted by atomic mass is 16.5. The van der Waals surface area contributed by atoms with Crippen molar-refractivity contribution in [2.24, 2.45) is 0 Å². The summed E-state index contributed by atoms with van der Waals surface area (Å²) in [6, 6.07) is 10.1. The quantitative estimate of drug-likeness (QED) is 0.556. The summed E-state index contributed by atoms with van der Waals surface area (Å²) in [4.78, 5) is 32.6. The smallest absolute Gasteiger partial charge is 0.269 e. The lowest BCUT2D eigenvalue weighted by Crippen LogP contribution is -2.35. The second kappa shape index (κ2) is 10.2. The van der Waals surface area contributed by atoms with Crippen molar-refractivity contribution in [1.82, 2.24) is 25.0 Å². The Morgan fingerprint density at radius 2 is 2.08 bits per heavy atom. The minimum atomic E-state index is -0.251. The van der Waals surface area contributed by atoms with Crippen LogP contribution >= 0.6 is 0 Å². The van der Waals surface area contributed by atoms with Crippen molar-refractivity contribution in [1.29, 1.82) is 5.26 Å². The number of hydrogen-bond donors (Lipinski definition) is 1. The molecule has 6 rings (SSSR count). The lowest BCUT2D eigenvalue weighted by Gasteiger charge is -2.33. The zero-order chi connectivity index (χ0) is 27.1. The van der Waals surface area contributed by atoms with Gasteiger partial charge in [0.25, 0.3) is 5.91 Å². The third kappa shape index (κ3) is 4.42. The van der Waals surface area contributed by atoms with Crippen LogP contribution < -0.4 is 10.2 Å². The number of nitrogens with one attached hydrogen (secondary N) is 1. The van der Waals surface area contributed by atoms with Crippen LogP contribution in [-0.4, -0.2) is 64.8 Å². The zero-order valence-electron chi connectivity index (χ0n) is 22.2. The van der Waals surface area contributed by atoms with E-state index in [1.54, 1.807) is 26.2 Å². The number of rotatable bonds is 4. The van der Waals surface area contributed by atoms with Gasteiger partial charge in [-0.05, 0) is 43.0 Å². The fourth-order valence-corrected chi connectivity index (χ4v) is 5.93. The third-order valence-electron chi connectivity index (χ3n) is 8.01. The second-order valence-electron chi connectivity index (χ2n) is 10.3. The van der Waals surface area contributed by atoms with E-state index in [9.17, 15) is 14.9 Å². The summed E-state index contributed by atoms with van der Waals surface area (Å²) in [5.41, 5.74) is 6.85. The second-order valence-corrected chi connectivity index (χ2v) is 10.3. The number of benzene rings is 1. The average molecular weight is 526 g/mol. The summed E-state index contributed by atoms with van der Waals surface area (Å²) in [6.07, 6.45) is 5.16. The van der Waals surface area contributed by atoms with E-state index in [4.69, 9.17) is 9.84 Å². The summed E-state index contributed by atoms with van der Waals surface area (Å²) in [7, 11) is 1.57. The van der Waals surface area contributed by atoms with Gasteiger partial charge in [-0.25, -0.2) is 0 Å². The van der Waals surface area contributed by atoms with Crippen LogP contribution in [0.4, 0.5) is 11.5 Å². The minimum absolute atomic E-state index is 0.0649. The molecule has 0 saturated carbocycles. The molecule has 3 aliphatic heterocycles. The van der Waals surface area contributed by atoms with Gasteiger partial charge in [0.05, 0.1) is 30.8 Å². The molecule has 200 valence electrons. The van der Waals surface area contributed by atoms with Crippen LogP contribution in [-0.2, 0) is 28.9 Å². The lowest BCUT2D eigenvalue weighted by atomic mass is 9.92. The Morgan fingerprint density at radius 1 is 1.21 bits per heavy atom. The number of hydrogen-bond acceptors (Lipinski definition) is 7. The third-order valence-corrected chi connectivity index (χ3v) is 8.01. The fourth-order valence-electron chi connectivity index (χ4n) is 5.93. The van der Waals surface area contributed by atoms with Crippen molar-refractivity contribution in [2.75, 3.05) is 38.3 Å². The maximum Gasteiger partial charge on any atom is 0.269 e. The van der Waals surface area contributed by atoms with E-state index in [0.29, 0.717) is 31.0 Å². The Labute approximate surface area is 227 Å². The molecule has 2 aromatic heterocycles. The van der Waals surface area contributed by atoms with E-state index >= 15 is 0 Å². The number of amides is 2. The number of pyridine rings is 1. The number of carbonyl (C=O) groups is 2. The summed E-state index contributed by atoms with van der Waals surface area (Å²) in [5.74, 6) is 0.686. The van der Waals surface area contributed by atoms with Gasteiger partial charge in [0.1, 0.15) is 5.69 Å². The van der Waals surface area contributed by atoms with Gasteiger partial charge in [-0.15, -0.1) is 0 Å². The zero-order valence-corrected chi connectivity index (χ0v) is 22.2. The first kappa shape index (κ1) is 25.1. The van der Waals surface area contributed by atoms with Gasteiger partial charge in [-0.2, -0.15) is 10.4 Å². The molecule has 1 saturated heterocycles. The summed E-state index contributed by atoms with van der Waals surface area (Å²) in [6.45, 7) is 5.00. The van der Waals surface area contributed by atoms with Crippen molar-refractivity contribution in [3.8, 4) is 17.2 Å². The largest absolute Gasteiger partial charge is 0.379 e. The predicted octanol–water partition coefficient (Wildman–Crippen LogP) is 3.13. The van der Waals surface area contributed by atoms with Crippen LogP contribution in [0.3, 0.4) is 0 Å². The SMILES string of the molecule is CNC(=O)c1ccc(-c2cc3c(cc2C#N)N(c2nn([C@H]4CCOC4)c4c2CN(C(C)=O)CC4)CCC3)cn1. The van der Waals surface area contributed by atoms with Crippen LogP contribution in [0.25, 0.3) is 11.1 Å². The highest BCUT2D eigenvalue weighted by Gasteiger charge is 2.34. The molecule has 3 aromatic rings. The Morgan fingerprint density at radius 3 is 2.77 bits per heavy atom. The molecule has 10 heteroatoms. The minimum Gasteiger partial charge on any atom is -0.379 e. The monoisotopic (exact) mass is 525 g/mol. The molecule has 1 aromatic carbocycles. The van der Waals surface area contributed by atoms with E-state index in [1.807, 2.05) is 17.0 Å². The fraction of sp³-hybridized carbons (Fsp3) is 0.414. The Bertz CT molecular complexity index is 1480.